The predicted octanol–water partition coefficient (Wildman–Crippen LogP) is 1.29. The van der Waals surface area contributed by atoms with Gasteiger partial charge in [-0.1, -0.05) is 0 Å². The summed E-state index contributed by atoms with van der Waals surface area (Å²) >= 11 is 0. The number of ether oxygens (including phenoxy) is 1. The van der Waals surface area contributed by atoms with Gasteiger partial charge in [-0.25, -0.2) is 0 Å². The zero-order valence-electron chi connectivity index (χ0n) is 12.9. The molecule has 6 nitrogen and oxygen atoms in total. The van der Waals surface area contributed by atoms with E-state index in [-0.39, 0.29) is 23.6 Å². The van der Waals surface area contributed by atoms with Crippen molar-refractivity contribution in [2.45, 2.75) is 38.8 Å². The first kappa shape index (κ1) is 16.1. The van der Waals surface area contributed by atoms with E-state index in [1.807, 2.05) is 0 Å². The van der Waals surface area contributed by atoms with Crippen molar-refractivity contribution in [2.24, 2.45) is 0 Å². The Morgan fingerprint density at radius 1 is 1.27 bits per heavy atom. The first-order chi connectivity index (χ1) is 10.5. The van der Waals surface area contributed by atoms with Crippen molar-refractivity contribution in [3.05, 3.63) is 24.3 Å². The number of piperidine rings is 1. The molecule has 0 bridgehead atoms. The smallest absolute Gasteiger partial charge is 0.263 e. The first-order valence-electron chi connectivity index (χ1n) is 7.47. The molecule has 0 aromatic heterocycles. The van der Waals surface area contributed by atoms with Crippen LogP contribution in [0.15, 0.2) is 24.3 Å². The largest absolute Gasteiger partial charge is 0.508 e. The van der Waals surface area contributed by atoms with Crippen molar-refractivity contribution in [1.82, 2.24) is 10.2 Å². The van der Waals surface area contributed by atoms with E-state index < -0.39 is 6.10 Å². The van der Waals surface area contributed by atoms with Crippen LogP contribution in [-0.4, -0.2) is 47.1 Å². The second-order valence-electron chi connectivity index (χ2n) is 5.55. The van der Waals surface area contributed by atoms with Crippen LogP contribution >= 0.6 is 0 Å². The molecule has 0 aliphatic carbocycles. The van der Waals surface area contributed by atoms with Gasteiger partial charge in [-0.15, -0.1) is 0 Å². The maximum absolute atomic E-state index is 12.4. The van der Waals surface area contributed by atoms with Crippen LogP contribution in [0.2, 0.25) is 0 Å². The quantitative estimate of drug-likeness (QED) is 0.878. The third-order valence-corrected chi connectivity index (χ3v) is 3.71. The van der Waals surface area contributed by atoms with Crippen LogP contribution in [-0.2, 0) is 9.59 Å². The van der Waals surface area contributed by atoms with Crippen LogP contribution < -0.4 is 10.1 Å². The molecule has 6 heteroatoms. The van der Waals surface area contributed by atoms with Gasteiger partial charge in [0.25, 0.3) is 5.91 Å². The third kappa shape index (κ3) is 4.38. The standard InChI is InChI=1S/C16H22N2O4/c1-11(22-15-5-3-14(20)4-6-15)16(21)18-9-7-13(8-10-18)17-12(2)19/h3-6,11,13,20H,7-10H2,1-2H3,(H,17,19). The fourth-order valence-electron chi connectivity index (χ4n) is 2.57. The maximum Gasteiger partial charge on any atom is 0.263 e. The highest BCUT2D eigenvalue weighted by Gasteiger charge is 2.27. The summed E-state index contributed by atoms with van der Waals surface area (Å²) in [6, 6.07) is 6.44. The van der Waals surface area contributed by atoms with E-state index in [9.17, 15) is 14.7 Å². The first-order valence-corrected chi connectivity index (χ1v) is 7.47. The number of nitrogens with one attached hydrogen (secondary N) is 1. The lowest BCUT2D eigenvalue weighted by Gasteiger charge is -2.33. The number of likely N-dealkylation sites (tertiary alicyclic amines) is 1. The van der Waals surface area contributed by atoms with E-state index in [1.165, 1.54) is 19.1 Å². The lowest BCUT2D eigenvalue weighted by atomic mass is 10.0. The molecule has 0 radical (unpaired) electrons. The van der Waals surface area contributed by atoms with E-state index in [2.05, 4.69) is 5.32 Å². The minimum absolute atomic E-state index is 0.0335. The lowest BCUT2D eigenvalue weighted by molar-refractivity contribution is -0.139. The molecule has 0 spiro atoms. The third-order valence-electron chi connectivity index (χ3n) is 3.71. The Balaban J connectivity index is 1.84. The molecule has 1 aromatic rings. The van der Waals surface area contributed by atoms with Crippen molar-refractivity contribution >= 4 is 11.8 Å². The van der Waals surface area contributed by atoms with Crippen LogP contribution in [0.1, 0.15) is 26.7 Å². The summed E-state index contributed by atoms with van der Waals surface area (Å²) in [5.41, 5.74) is 0. The molecule has 1 fully saturated rings. The molecule has 1 aliphatic rings. The van der Waals surface area contributed by atoms with Crippen LogP contribution in [0.25, 0.3) is 0 Å². The summed E-state index contributed by atoms with van der Waals surface area (Å²) < 4.78 is 5.60. The summed E-state index contributed by atoms with van der Waals surface area (Å²) in [5, 5.41) is 12.1. The molecule has 1 aromatic carbocycles. The number of carbonyl (C=O) groups excluding carboxylic acids is 2. The van der Waals surface area contributed by atoms with Crippen molar-refractivity contribution in [2.75, 3.05) is 13.1 Å². The van der Waals surface area contributed by atoms with Crippen LogP contribution in [0.3, 0.4) is 0 Å². The van der Waals surface area contributed by atoms with Gasteiger partial charge in [0.2, 0.25) is 5.91 Å². The number of phenolic OH excluding ortho intramolecular Hbond substituents is 1. The summed E-state index contributed by atoms with van der Waals surface area (Å²) in [4.78, 5) is 25.2. The molecule has 22 heavy (non-hydrogen) atoms. The Hall–Kier alpha value is -2.24. The average Bonchev–Trinajstić information content (AvgIpc) is 2.49. The van der Waals surface area contributed by atoms with E-state index >= 15 is 0 Å². The number of amides is 2. The van der Waals surface area contributed by atoms with E-state index in [1.54, 1.807) is 24.0 Å². The second-order valence-corrected chi connectivity index (χ2v) is 5.55. The molecule has 1 unspecified atom stereocenters. The van der Waals surface area contributed by atoms with Crippen LogP contribution in [0, 0.1) is 0 Å². The molecule has 1 aliphatic heterocycles. The lowest BCUT2D eigenvalue weighted by Crippen LogP contribution is -2.49. The molecule has 1 atom stereocenters. The number of rotatable bonds is 4. The highest BCUT2D eigenvalue weighted by atomic mass is 16.5. The SMILES string of the molecule is CC(=O)NC1CCN(C(=O)C(C)Oc2ccc(O)cc2)CC1. The van der Waals surface area contributed by atoms with Crippen LogP contribution in [0.5, 0.6) is 11.5 Å². The number of benzene rings is 1. The van der Waals surface area contributed by atoms with Gasteiger partial charge in [-0.05, 0) is 44.0 Å². The summed E-state index contributed by atoms with van der Waals surface area (Å²) in [6.07, 6.45) is 0.941. The molecule has 120 valence electrons. The normalized spacial score (nSPS) is 16.9. The molecule has 1 saturated heterocycles. The number of nitrogens with zero attached hydrogens (tertiary/aromatic N) is 1. The van der Waals surface area contributed by atoms with Gasteiger partial charge >= 0.3 is 0 Å². The Morgan fingerprint density at radius 2 is 1.86 bits per heavy atom. The molecule has 0 saturated carbocycles. The minimum atomic E-state index is -0.582. The van der Waals surface area contributed by atoms with Gasteiger partial charge in [-0.3, -0.25) is 9.59 Å². The number of hydrogen-bond donors (Lipinski definition) is 2. The van der Waals surface area contributed by atoms with Crippen molar-refractivity contribution in [3.63, 3.8) is 0 Å². The molecular formula is C16H22N2O4. The van der Waals surface area contributed by atoms with Gasteiger partial charge < -0.3 is 20.1 Å². The van der Waals surface area contributed by atoms with Gasteiger partial charge in [0, 0.05) is 26.1 Å². The minimum Gasteiger partial charge on any atom is -0.508 e. The molecule has 2 rings (SSSR count). The Morgan fingerprint density at radius 3 is 2.41 bits per heavy atom. The Bertz CT molecular complexity index is 521. The zero-order valence-corrected chi connectivity index (χ0v) is 12.9. The monoisotopic (exact) mass is 306 g/mol. The average molecular weight is 306 g/mol. The summed E-state index contributed by atoms with van der Waals surface area (Å²) in [5.74, 6) is 0.612. The number of hydrogen-bond acceptors (Lipinski definition) is 4. The van der Waals surface area contributed by atoms with Crippen molar-refractivity contribution in [1.29, 1.82) is 0 Å². The van der Waals surface area contributed by atoms with Crippen molar-refractivity contribution < 1.29 is 19.4 Å². The van der Waals surface area contributed by atoms with Gasteiger partial charge in [0.05, 0.1) is 0 Å². The van der Waals surface area contributed by atoms with Gasteiger partial charge in [0.1, 0.15) is 11.5 Å². The van der Waals surface area contributed by atoms with Gasteiger partial charge in [0.15, 0.2) is 6.10 Å². The molecular weight excluding hydrogens is 284 g/mol. The molecule has 2 N–H and O–H groups in total. The van der Waals surface area contributed by atoms with E-state index in [4.69, 9.17) is 4.74 Å². The number of carbonyl (C=O) groups is 2. The van der Waals surface area contributed by atoms with Crippen molar-refractivity contribution in [3.8, 4) is 11.5 Å². The zero-order chi connectivity index (χ0) is 16.1. The Kier molecular flexibility index (Phi) is 5.25. The van der Waals surface area contributed by atoms with E-state index in [0.29, 0.717) is 18.8 Å². The highest BCUT2D eigenvalue weighted by Crippen LogP contribution is 2.18. The summed E-state index contributed by atoms with van der Waals surface area (Å²) in [7, 11) is 0. The fraction of sp³-hybridized carbons (Fsp3) is 0.500. The predicted molar refractivity (Wildman–Crippen MR) is 81.6 cm³/mol. The highest BCUT2D eigenvalue weighted by molar-refractivity contribution is 5.81. The number of phenols is 1. The maximum atomic E-state index is 12.4. The fourth-order valence-corrected chi connectivity index (χ4v) is 2.57. The topological polar surface area (TPSA) is 78.9 Å². The van der Waals surface area contributed by atoms with Crippen LogP contribution in [0.4, 0.5) is 0 Å². The van der Waals surface area contributed by atoms with Gasteiger partial charge in [-0.2, -0.15) is 0 Å². The molecule has 2 amide bonds. The van der Waals surface area contributed by atoms with E-state index in [0.717, 1.165) is 12.8 Å². The number of aromatic hydroxyl groups is 1. The second kappa shape index (κ2) is 7.15. The Labute approximate surface area is 130 Å². The molecule has 1 heterocycles. The summed E-state index contributed by atoms with van der Waals surface area (Å²) in [6.45, 7) is 4.46.